The van der Waals surface area contributed by atoms with Crippen LogP contribution in [0.5, 0.6) is 0 Å². The van der Waals surface area contributed by atoms with Gasteiger partial charge in [0.15, 0.2) is 0 Å². The van der Waals surface area contributed by atoms with Crippen LogP contribution in [0.3, 0.4) is 0 Å². The molecule has 1 aliphatic carbocycles. The van der Waals surface area contributed by atoms with Crippen molar-refractivity contribution in [2.45, 2.75) is 25.4 Å². The van der Waals surface area contributed by atoms with Crippen LogP contribution in [0.15, 0.2) is 23.0 Å². The van der Waals surface area contributed by atoms with Crippen LogP contribution in [0.4, 0.5) is 0 Å². The molecule has 2 rings (SSSR count). The van der Waals surface area contributed by atoms with E-state index >= 15 is 0 Å². The first kappa shape index (κ1) is 6.92. The van der Waals surface area contributed by atoms with Crippen molar-refractivity contribution in [2.75, 3.05) is 0 Å². The van der Waals surface area contributed by atoms with Gasteiger partial charge in [0.05, 0.1) is 18.1 Å². The molecular formula is C9H12O2. The van der Waals surface area contributed by atoms with E-state index in [0.29, 0.717) is 5.92 Å². The number of aliphatic hydroxyl groups is 1. The lowest BCUT2D eigenvalue weighted by Gasteiger charge is -2.04. The van der Waals surface area contributed by atoms with Crippen LogP contribution in [0.2, 0.25) is 0 Å². The molecule has 1 aromatic heterocycles. The molecule has 1 heterocycles. The summed E-state index contributed by atoms with van der Waals surface area (Å²) >= 11 is 0. The van der Waals surface area contributed by atoms with E-state index < -0.39 is 5.60 Å². The van der Waals surface area contributed by atoms with Gasteiger partial charge in [-0.2, -0.15) is 0 Å². The lowest BCUT2D eigenvalue weighted by Crippen LogP contribution is -2.06. The Labute approximate surface area is 65.8 Å². The molecule has 0 amide bonds. The first-order chi connectivity index (χ1) is 5.27. The van der Waals surface area contributed by atoms with Gasteiger partial charge in [-0.1, -0.05) is 13.3 Å². The molecule has 1 saturated carbocycles. The summed E-state index contributed by atoms with van der Waals surface area (Å²) in [6.07, 6.45) is 5.18. The Bertz CT molecular complexity index is 240. The molecule has 0 bridgehead atoms. The summed E-state index contributed by atoms with van der Waals surface area (Å²) in [6, 6.07) is 1.84. The highest BCUT2D eigenvalue weighted by Gasteiger charge is 2.53. The predicted octanol–water partition coefficient (Wildman–Crippen LogP) is 1.90. The summed E-state index contributed by atoms with van der Waals surface area (Å²) in [5.41, 5.74) is 0.381. The Morgan fingerprint density at radius 1 is 1.82 bits per heavy atom. The highest BCUT2D eigenvalue weighted by Crippen LogP contribution is 2.53. The third-order valence-electron chi connectivity index (χ3n) is 2.59. The van der Waals surface area contributed by atoms with Crippen molar-refractivity contribution in [3.05, 3.63) is 24.2 Å². The van der Waals surface area contributed by atoms with Gasteiger partial charge in [0.25, 0.3) is 0 Å². The molecule has 0 aromatic carbocycles. The second-order valence-electron chi connectivity index (χ2n) is 3.25. The van der Waals surface area contributed by atoms with Crippen LogP contribution in [0.25, 0.3) is 0 Å². The van der Waals surface area contributed by atoms with E-state index in [-0.39, 0.29) is 0 Å². The molecule has 0 spiro atoms. The molecule has 2 nitrogen and oxygen atoms in total. The van der Waals surface area contributed by atoms with Gasteiger partial charge in [-0.15, -0.1) is 0 Å². The summed E-state index contributed by atoms with van der Waals surface area (Å²) in [5, 5.41) is 9.89. The topological polar surface area (TPSA) is 33.4 Å². The van der Waals surface area contributed by atoms with Crippen molar-refractivity contribution < 1.29 is 9.52 Å². The van der Waals surface area contributed by atoms with Gasteiger partial charge in [0.1, 0.15) is 0 Å². The lowest BCUT2D eigenvalue weighted by atomic mass is 10.1. The van der Waals surface area contributed by atoms with E-state index in [1.807, 2.05) is 6.07 Å². The number of hydrogen-bond donors (Lipinski definition) is 1. The van der Waals surface area contributed by atoms with E-state index in [2.05, 4.69) is 6.92 Å². The molecule has 2 unspecified atom stereocenters. The van der Waals surface area contributed by atoms with Crippen LogP contribution in [0.1, 0.15) is 25.3 Å². The van der Waals surface area contributed by atoms with E-state index in [9.17, 15) is 5.11 Å². The van der Waals surface area contributed by atoms with E-state index in [0.717, 1.165) is 18.4 Å². The van der Waals surface area contributed by atoms with Gasteiger partial charge in [0.2, 0.25) is 0 Å². The van der Waals surface area contributed by atoms with Crippen LogP contribution >= 0.6 is 0 Å². The maximum Gasteiger partial charge on any atom is 0.0963 e. The second-order valence-corrected chi connectivity index (χ2v) is 3.25. The number of hydrogen-bond acceptors (Lipinski definition) is 2. The standard InChI is InChI=1S/C9H12O2/c1-2-7-5-9(7,10)8-3-4-11-6-8/h3-4,6-7,10H,2,5H2,1H3. The fourth-order valence-corrected chi connectivity index (χ4v) is 1.66. The Morgan fingerprint density at radius 3 is 3.09 bits per heavy atom. The summed E-state index contributed by atoms with van der Waals surface area (Å²) in [7, 11) is 0. The maximum atomic E-state index is 9.89. The molecule has 2 heteroatoms. The van der Waals surface area contributed by atoms with Crippen LogP contribution in [-0.2, 0) is 5.60 Å². The first-order valence-corrected chi connectivity index (χ1v) is 4.02. The zero-order valence-corrected chi connectivity index (χ0v) is 6.58. The first-order valence-electron chi connectivity index (χ1n) is 4.02. The van der Waals surface area contributed by atoms with E-state index in [4.69, 9.17) is 4.42 Å². The second kappa shape index (κ2) is 2.11. The van der Waals surface area contributed by atoms with E-state index in [1.54, 1.807) is 12.5 Å². The van der Waals surface area contributed by atoms with Crippen LogP contribution < -0.4 is 0 Å². The van der Waals surface area contributed by atoms with Crippen LogP contribution in [0, 0.1) is 5.92 Å². The fourth-order valence-electron chi connectivity index (χ4n) is 1.66. The third-order valence-corrected chi connectivity index (χ3v) is 2.59. The molecule has 1 fully saturated rings. The SMILES string of the molecule is CCC1CC1(O)c1ccoc1. The summed E-state index contributed by atoms with van der Waals surface area (Å²) < 4.78 is 4.91. The molecule has 1 N–H and O–H groups in total. The lowest BCUT2D eigenvalue weighted by molar-refractivity contribution is 0.129. The molecule has 2 atom stereocenters. The average Bonchev–Trinajstić information content (AvgIpc) is 2.55. The minimum atomic E-state index is -0.554. The molecule has 0 aliphatic heterocycles. The van der Waals surface area contributed by atoms with Gasteiger partial charge < -0.3 is 9.52 Å². The highest BCUT2D eigenvalue weighted by molar-refractivity contribution is 5.25. The minimum Gasteiger partial charge on any atom is -0.472 e. The normalized spacial score (nSPS) is 35.6. The number of furan rings is 1. The average molecular weight is 152 g/mol. The molecular weight excluding hydrogens is 140 g/mol. The van der Waals surface area contributed by atoms with Crippen molar-refractivity contribution in [1.29, 1.82) is 0 Å². The van der Waals surface area contributed by atoms with Crippen molar-refractivity contribution in [3.8, 4) is 0 Å². The zero-order valence-electron chi connectivity index (χ0n) is 6.58. The maximum absolute atomic E-state index is 9.89. The van der Waals surface area contributed by atoms with Gasteiger partial charge in [-0.05, 0) is 18.4 Å². The van der Waals surface area contributed by atoms with Crippen molar-refractivity contribution in [2.24, 2.45) is 5.92 Å². The zero-order chi connectivity index (χ0) is 7.90. The molecule has 60 valence electrons. The highest BCUT2D eigenvalue weighted by atomic mass is 16.3. The molecule has 1 aliphatic rings. The summed E-state index contributed by atoms with van der Waals surface area (Å²) in [6.45, 7) is 2.10. The minimum absolute atomic E-state index is 0.445. The number of rotatable bonds is 2. The Balaban J connectivity index is 2.19. The Morgan fingerprint density at radius 2 is 2.64 bits per heavy atom. The van der Waals surface area contributed by atoms with E-state index in [1.165, 1.54) is 0 Å². The third kappa shape index (κ3) is 0.897. The summed E-state index contributed by atoms with van der Waals surface area (Å²) in [5.74, 6) is 0.445. The van der Waals surface area contributed by atoms with Gasteiger partial charge in [-0.25, -0.2) is 0 Å². The Hall–Kier alpha value is -0.760. The summed E-state index contributed by atoms with van der Waals surface area (Å²) in [4.78, 5) is 0. The van der Waals surface area contributed by atoms with Crippen molar-refractivity contribution in [3.63, 3.8) is 0 Å². The predicted molar refractivity (Wildman–Crippen MR) is 41.0 cm³/mol. The molecule has 0 radical (unpaired) electrons. The van der Waals surface area contributed by atoms with Gasteiger partial charge >= 0.3 is 0 Å². The molecule has 1 aromatic rings. The van der Waals surface area contributed by atoms with Gasteiger partial charge in [-0.3, -0.25) is 0 Å². The fraction of sp³-hybridized carbons (Fsp3) is 0.556. The van der Waals surface area contributed by atoms with Crippen LogP contribution in [-0.4, -0.2) is 5.11 Å². The van der Waals surface area contributed by atoms with Crippen molar-refractivity contribution in [1.82, 2.24) is 0 Å². The van der Waals surface area contributed by atoms with Gasteiger partial charge in [0, 0.05) is 5.56 Å². The monoisotopic (exact) mass is 152 g/mol. The van der Waals surface area contributed by atoms with Crippen molar-refractivity contribution >= 4 is 0 Å². The smallest absolute Gasteiger partial charge is 0.0963 e. The molecule has 0 saturated heterocycles. The largest absolute Gasteiger partial charge is 0.472 e. The molecule has 11 heavy (non-hydrogen) atoms. The Kier molecular flexibility index (Phi) is 1.33. The quantitative estimate of drug-likeness (QED) is 0.702.